The van der Waals surface area contributed by atoms with Crippen molar-refractivity contribution in [3.8, 4) is 11.3 Å². The lowest BCUT2D eigenvalue weighted by Crippen LogP contribution is -2.19. The average Bonchev–Trinajstić information content (AvgIpc) is 3.10. The van der Waals surface area contributed by atoms with E-state index in [1.54, 1.807) is 30.3 Å². The largest absolute Gasteiger partial charge is 0.455 e. The van der Waals surface area contributed by atoms with Crippen LogP contribution in [0.2, 0.25) is 15.1 Å². The van der Waals surface area contributed by atoms with Crippen LogP contribution in [0.4, 0.5) is 0 Å². The minimum atomic E-state index is -0.198. The SMILES string of the molecule is O=C(CSCc1cccc(Cl)c1)N/N=C\c1ccc(-c2ccc(Cl)cc2Cl)o1. The third kappa shape index (κ3) is 6.04. The Bertz CT molecular complexity index is 1000. The number of carbonyl (C=O) groups is 1. The first-order chi connectivity index (χ1) is 13.5. The van der Waals surface area contributed by atoms with E-state index in [9.17, 15) is 4.79 Å². The molecule has 2 aromatic carbocycles. The van der Waals surface area contributed by atoms with Gasteiger partial charge in [-0.05, 0) is 48.0 Å². The van der Waals surface area contributed by atoms with E-state index >= 15 is 0 Å². The molecule has 0 fully saturated rings. The van der Waals surface area contributed by atoms with Crippen LogP contribution in [0.25, 0.3) is 11.3 Å². The summed E-state index contributed by atoms with van der Waals surface area (Å²) in [6, 6.07) is 16.2. The summed E-state index contributed by atoms with van der Waals surface area (Å²) in [7, 11) is 0. The predicted octanol–water partition coefficient (Wildman–Crippen LogP) is 6.29. The fourth-order valence-corrected chi connectivity index (χ4v) is 3.83. The number of thioether (sulfide) groups is 1. The Balaban J connectivity index is 1.48. The van der Waals surface area contributed by atoms with E-state index in [1.807, 2.05) is 24.3 Å². The number of furan rings is 1. The molecule has 144 valence electrons. The van der Waals surface area contributed by atoms with Gasteiger partial charge < -0.3 is 4.42 Å². The molecule has 28 heavy (non-hydrogen) atoms. The summed E-state index contributed by atoms with van der Waals surface area (Å²) in [5.74, 6) is 1.87. The van der Waals surface area contributed by atoms with Crippen LogP contribution in [0.15, 0.2) is 64.1 Å². The molecule has 0 saturated carbocycles. The molecule has 0 bridgehead atoms. The monoisotopic (exact) mass is 452 g/mol. The van der Waals surface area contributed by atoms with Crippen molar-refractivity contribution < 1.29 is 9.21 Å². The smallest absolute Gasteiger partial charge is 0.250 e. The minimum absolute atomic E-state index is 0.198. The number of amides is 1. The first kappa shape index (κ1) is 20.8. The Morgan fingerprint density at radius 3 is 2.68 bits per heavy atom. The number of benzene rings is 2. The molecule has 0 spiro atoms. The molecule has 0 unspecified atom stereocenters. The highest BCUT2D eigenvalue weighted by Crippen LogP contribution is 2.31. The van der Waals surface area contributed by atoms with Crippen LogP contribution in [0.1, 0.15) is 11.3 Å². The molecule has 3 rings (SSSR count). The molecule has 0 atom stereocenters. The number of hydrazone groups is 1. The molecule has 1 amide bonds. The second-order valence-electron chi connectivity index (χ2n) is 5.74. The standard InChI is InChI=1S/C20H15Cl3N2O2S/c21-14-3-1-2-13(8-14)11-28-12-20(26)25-24-10-16-5-7-19(27-16)17-6-4-15(22)9-18(17)23/h1-10H,11-12H2,(H,25,26)/b24-10-. The van der Waals surface area contributed by atoms with Gasteiger partial charge in [0.15, 0.2) is 0 Å². The summed E-state index contributed by atoms with van der Waals surface area (Å²) in [4.78, 5) is 11.9. The van der Waals surface area contributed by atoms with Crippen molar-refractivity contribution in [2.75, 3.05) is 5.75 Å². The lowest BCUT2D eigenvalue weighted by molar-refractivity contribution is -0.118. The van der Waals surface area contributed by atoms with Gasteiger partial charge in [-0.15, -0.1) is 11.8 Å². The summed E-state index contributed by atoms with van der Waals surface area (Å²) < 4.78 is 5.68. The Kier molecular flexibility index (Phi) is 7.45. The van der Waals surface area contributed by atoms with Gasteiger partial charge in [0.05, 0.1) is 17.0 Å². The fraction of sp³-hybridized carbons (Fsp3) is 0.100. The van der Waals surface area contributed by atoms with Gasteiger partial charge in [0.1, 0.15) is 11.5 Å². The third-order valence-electron chi connectivity index (χ3n) is 3.60. The summed E-state index contributed by atoms with van der Waals surface area (Å²) in [5.41, 5.74) is 4.27. The maximum Gasteiger partial charge on any atom is 0.250 e. The Hall–Kier alpha value is -1.92. The fourth-order valence-electron chi connectivity index (χ4n) is 2.34. The molecule has 3 aromatic rings. The van der Waals surface area contributed by atoms with Crippen molar-refractivity contribution in [3.63, 3.8) is 0 Å². The van der Waals surface area contributed by atoms with Gasteiger partial charge in [-0.25, -0.2) is 5.43 Å². The van der Waals surface area contributed by atoms with Crippen molar-refractivity contribution in [2.45, 2.75) is 5.75 Å². The summed E-state index contributed by atoms with van der Waals surface area (Å²) in [6.07, 6.45) is 1.44. The second kappa shape index (κ2) is 10.0. The van der Waals surface area contributed by atoms with Crippen molar-refractivity contribution in [3.05, 3.63) is 81.0 Å². The number of hydrogen-bond donors (Lipinski definition) is 1. The molecule has 1 heterocycles. The van der Waals surface area contributed by atoms with Crippen molar-refractivity contribution in [1.82, 2.24) is 5.43 Å². The number of rotatable bonds is 7. The molecule has 0 saturated heterocycles. The molecule has 0 radical (unpaired) electrons. The van der Waals surface area contributed by atoms with Crippen LogP contribution >= 0.6 is 46.6 Å². The van der Waals surface area contributed by atoms with E-state index < -0.39 is 0 Å². The highest BCUT2D eigenvalue weighted by Gasteiger charge is 2.08. The summed E-state index contributed by atoms with van der Waals surface area (Å²) in [6.45, 7) is 0. The van der Waals surface area contributed by atoms with Crippen LogP contribution in [0, 0.1) is 0 Å². The normalized spacial score (nSPS) is 11.1. The van der Waals surface area contributed by atoms with Gasteiger partial charge in [0.2, 0.25) is 5.91 Å². The van der Waals surface area contributed by atoms with Crippen molar-refractivity contribution in [1.29, 1.82) is 0 Å². The van der Waals surface area contributed by atoms with Gasteiger partial charge >= 0.3 is 0 Å². The number of nitrogens with zero attached hydrogens (tertiary/aromatic N) is 1. The van der Waals surface area contributed by atoms with Gasteiger partial charge in [-0.3, -0.25) is 4.79 Å². The zero-order valence-electron chi connectivity index (χ0n) is 14.5. The molecular weight excluding hydrogens is 439 g/mol. The Labute approximate surface area is 181 Å². The highest BCUT2D eigenvalue weighted by molar-refractivity contribution is 7.99. The number of carbonyl (C=O) groups excluding carboxylic acids is 1. The maximum atomic E-state index is 11.9. The van der Waals surface area contributed by atoms with Crippen molar-refractivity contribution >= 4 is 58.7 Å². The molecule has 4 nitrogen and oxygen atoms in total. The predicted molar refractivity (Wildman–Crippen MR) is 118 cm³/mol. The van der Waals surface area contributed by atoms with Gasteiger partial charge in [0, 0.05) is 21.4 Å². The van der Waals surface area contributed by atoms with E-state index in [2.05, 4.69) is 10.5 Å². The molecule has 8 heteroatoms. The quantitative estimate of drug-likeness (QED) is 0.338. The van der Waals surface area contributed by atoms with Crippen molar-refractivity contribution in [2.24, 2.45) is 5.10 Å². The molecule has 0 aliphatic carbocycles. The van der Waals surface area contributed by atoms with Crippen LogP contribution in [-0.4, -0.2) is 17.9 Å². The summed E-state index contributed by atoms with van der Waals surface area (Å²) >= 11 is 19.5. The summed E-state index contributed by atoms with van der Waals surface area (Å²) in [5, 5.41) is 5.65. The van der Waals surface area contributed by atoms with Crippen LogP contribution in [0.5, 0.6) is 0 Å². The first-order valence-corrected chi connectivity index (χ1v) is 10.5. The van der Waals surface area contributed by atoms with E-state index in [0.29, 0.717) is 32.3 Å². The zero-order chi connectivity index (χ0) is 19.9. The Morgan fingerprint density at radius 2 is 1.89 bits per heavy atom. The number of halogens is 3. The zero-order valence-corrected chi connectivity index (χ0v) is 17.6. The number of nitrogens with one attached hydrogen (secondary N) is 1. The minimum Gasteiger partial charge on any atom is -0.455 e. The average molecular weight is 454 g/mol. The molecular formula is C20H15Cl3N2O2S. The van der Waals surface area contributed by atoms with E-state index in [-0.39, 0.29) is 11.7 Å². The lowest BCUT2D eigenvalue weighted by Gasteiger charge is -2.02. The van der Waals surface area contributed by atoms with E-state index in [4.69, 9.17) is 39.2 Å². The van der Waals surface area contributed by atoms with Crippen LogP contribution < -0.4 is 5.43 Å². The van der Waals surface area contributed by atoms with Gasteiger partial charge in [-0.2, -0.15) is 5.10 Å². The third-order valence-corrected chi connectivity index (χ3v) is 5.38. The van der Waals surface area contributed by atoms with Crippen LogP contribution in [0.3, 0.4) is 0 Å². The highest BCUT2D eigenvalue weighted by atomic mass is 35.5. The van der Waals surface area contributed by atoms with E-state index in [0.717, 1.165) is 11.1 Å². The first-order valence-electron chi connectivity index (χ1n) is 8.20. The molecule has 0 aliphatic heterocycles. The van der Waals surface area contributed by atoms with Gasteiger partial charge in [-0.1, -0.05) is 46.9 Å². The second-order valence-corrected chi connectivity index (χ2v) is 8.01. The Morgan fingerprint density at radius 1 is 1.07 bits per heavy atom. The van der Waals surface area contributed by atoms with Crippen LogP contribution in [-0.2, 0) is 10.5 Å². The van der Waals surface area contributed by atoms with Gasteiger partial charge in [0.25, 0.3) is 0 Å². The number of hydrogen-bond acceptors (Lipinski definition) is 4. The lowest BCUT2D eigenvalue weighted by atomic mass is 10.2. The molecule has 0 aliphatic rings. The molecule has 1 N–H and O–H groups in total. The topological polar surface area (TPSA) is 54.6 Å². The molecule has 1 aromatic heterocycles. The van der Waals surface area contributed by atoms with E-state index in [1.165, 1.54) is 18.0 Å². The maximum absolute atomic E-state index is 11.9.